The molecule has 2 N–H and O–H groups in total. The third kappa shape index (κ3) is 2.91. The van der Waals surface area contributed by atoms with E-state index in [1.807, 2.05) is 24.3 Å². The van der Waals surface area contributed by atoms with Gasteiger partial charge in [-0.15, -0.1) is 0 Å². The van der Waals surface area contributed by atoms with Gasteiger partial charge in [0, 0.05) is 22.4 Å². The smallest absolute Gasteiger partial charge is 0.0694 e. The lowest BCUT2D eigenvalue weighted by Crippen LogP contribution is -2.44. The van der Waals surface area contributed by atoms with Crippen molar-refractivity contribution in [2.75, 3.05) is 12.3 Å². The predicted octanol–water partition coefficient (Wildman–Crippen LogP) is 3.26. The van der Waals surface area contributed by atoms with Gasteiger partial charge in [-0.05, 0) is 49.9 Å². The summed E-state index contributed by atoms with van der Waals surface area (Å²) in [6.45, 7) is 0.755. The van der Waals surface area contributed by atoms with Crippen molar-refractivity contribution in [3.05, 3.63) is 24.3 Å². The summed E-state index contributed by atoms with van der Waals surface area (Å²) < 4.78 is 18.8. The molecular formula is C16H23NO2S. The number of ether oxygens (including phenoxy) is 1. The Bertz CT molecular complexity index is 474. The summed E-state index contributed by atoms with van der Waals surface area (Å²) in [5.74, 6) is 0. The van der Waals surface area contributed by atoms with E-state index in [0.29, 0.717) is 0 Å². The average molecular weight is 293 g/mol. The van der Waals surface area contributed by atoms with Gasteiger partial charge in [0.15, 0.2) is 0 Å². The van der Waals surface area contributed by atoms with Crippen LogP contribution in [-0.2, 0) is 15.5 Å². The maximum absolute atomic E-state index is 12.8. The molecule has 110 valence electrons. The summed E-state index contributed by atoms with van der Waals surface area (Å²) in [7, 11) is -0.941. The second-order valence-corrected chi connectivity index (χ2v) is 7.81. The van der Waals surface area contributed by atoms with E-state index >= 15 is 0 Å². The van der Waals surface area contributed by atoms with Crippen LogP contribution in [0.5, 0.6) is 0 Å². The molecule has 3 rings (SSSR count). The lowest BCUT2D eigenvalue weighted by molar-refractivity contribution is -0.0975. The normalized spacial score (nSPS) is 27.3. The maximum Gasteiger partial charge on any atom is 0.0694 e. The minimum Gasteiger partial charge on any atom is -0.399 e. The number of benzene rings is 1. The average Bonchev–Trinajstić information content (AvgIpc) is 2.48. The number of nitrogens with two attached hydrogens (primary N) is 1. The summed E-state index contributed by atoms with van der Waals surface area (Å²) in [5.41, 5.74) is 6.44. The standard InChI is InChI=1S/C16H23NO2S/c17-13-4-6-14(7-5-13)20(18)15-8-11-19-16(12-15)9-2-1-3-10-16/h4-7,15H,1-3,8-12,17H2. The maximum atomic E-state index is 12.8. The zero-order chi connectivity index (χ0) is 14.0. The van der Waals surface area contributed by atoms with Crippen molar-refractivity contribution < 1.29 is 8.95 Å². The lowest BCUT2D eigenvalue weighted by atomic mass is 9.80. The van der Waals surface area contributed by atoms with Gasteiger partial charge in [0.1, 0.15) is 0 Å². The molecular weight excluding hydrogens is 270 g/mol. The Morgan fingerprint density at radius 3 is 2.55 bits per heavy atom. The van der Waals surface area contributed by atoms with Crippen molar-refractivity contribution in [1.29, 1.82) is 0 Å². The molecule has 0 aromatic heterocycles. The van der Waals surface area contributed by atoms with Crippen LogP contribution in [0.3, 0.4) is 0 Å². The molecule has 20 heavy (non-hydrogen) atoms. The number of hydrogen-bond donors (Lipinski definition) is 1. The fourth-order valence-electron chi connectivity index (χ4n) is 3.50. The van der Waals surface area contributed by atoms with E-state index in [-0.39, 0.29) is 10.9 Å². The van der Waals surface area contributed by atoms with E-state index in [1.54, 1.807) is 0 Å². The van der Waals surface area contributed by atoms with Gasteiger partial charge in [-0.25, -0.2) is 0 Å². The predicted molar refractivity (Wildman–Crippen MR) is 82.1 cm³/mol. The zero-order valence-corrected chi connectivity index (χ0v) is 12.7. The number of rotatable bonds is 2. The SMILES string of the molecule is Nc1ccc(S(=O)C2CCOC3(CCCCC3)C2)cc1. The largest absolute Gasteiger partial charge is 0.399 e. The molecule has 1 spiro atoms. The van der Waals surface area contributed by atoms with Crippen LogP contribution < -0.4 is 5.73 Å². The number of hydrogen-bond acceptors (Lipinski definition) is 3. The fraction of sp³-hybridized carbons (Fsp3) is 0.625. The Kier molecular flexibility index (Phi) is 4.13. The van der Waals surface area contributed by atoms with E-state index in [9.17, 15) is 4.21 Å². The van der Waals surface area contributed by atoms with E-state index < -0.39 is 10.8 Å². The monoisotopic (exact) mass is 293 g/mol. The van der Waals surface area contributed by atoms with Crippen molar-refractivity contribution in [2.45, 2.75) is 60.7 Å². The van der Waals surface area contributed by atoms with Crippen LogP contribution >= 0.6 is 0 Å². The van der Waals surface area contributed by atoms with Crippen molar-refractivity contribution >= 4 is 16.5 Å². The van der Waals surface area contributed by atoms with Crippen LogP contribution in [0, 0.1) is 0 Å². The van der Waals surface area contributed by atoms with E-state index in [2.05, 4.69) is 0 Å². The number of nitrogen functional groups attached to an aromatic ring is 1. The summed E-state index contributed by atoms with van der Waals surface area (Å²) in [4.78, 5) is 0.900. The second kappa shape index (κ2) is 5.86. The molecule has 1 aliphatic carbocycles. The minimum atomic E-state index is -0.941. The highest BCUT2D eigenvalue weighted by Crippen LogP contribution is 2.40. The summed E-state index contributed by atoms with van der Waals surface area (Å²) in [6.07, 6.45) is 7.95. The molecule has 0 radical (unpaired) electrons. The minimum absolute atomic E-state index is 0.0185. The van der Waals surface area contributed by atoms with Crippen molar-refractivity contribution in [1.82, 2.24) is 0 Å². The molecule has 3 nitrogen and oxygen atoms in total. The molecule has 1 aromatic rings. The van der Waals surface area contributed by atoms with E-state index in [1.165, 1.54) is 19.3 Å². The molecule has 0 amide bonds. The summed E-state index contributed by atoms with van der Waals surface area (Å²) in [6, 6.07) is 7.47. The first kappa shape index (κ1) is 14.1. The Hall–Kier alpha value is -0.870. The Morgan fingerprint density at radius 1 is 1.15 bits per heavy atom. The molecule has 1 saturated heterocycles. The van der Waals surface area contributed by atoms with Gasteiger partial charge in [0.05, 0.1) is 16.4 Å². The molecule has 1 saturated carbocycles. The third-order valence-corrected chi connectivity index (χ3v) is 6.37. The van der Waals surface area contributed by atoms with Crippen molar-refractivity contribution in [2.24, 2.45) is 0 Å². The first-order valence-corrected chi connectivity index (χ1v) is 8.80. The molecule has 1 aliphatic heterocycles. The quantitative estimate of drug-likeness (QED) is 0.852. The Morgan fingerprint density at radius 2 is 1.85 bits per heavy atom. The molecule has 2 fully saturated rings. The lowest BCUT2D eigenvalue weighted by Gasteiger charge is -2.43. The third-order valence-electron chi connectivity index (χ3n) is 4.63. The molecule has 1 heterocycles. The molecule has 2 atom stereocenters. The first-order chi connectivity index (χ1) is 9.69. The molecule has 4 heteroatoms. The van der Waals surface area contributed by atoms with Crippen molar-refractivity contribution in [3.63, 3.8) is 0 Å². The van der Waals surface area contributed by atoms with Gasteiger partial charge >= 0.3 is 0 Å². The first-order valence-electron chi connectivity index (χ1n) is 7.59. The van der Waals surface area contributed by atoms with Crippen LogP contribution in [0.4, 0.5) is 5.69 Å². The summed E-state index contributed by atoms with van der Waals surface area (Å²) >= 11 is 0. The molecule has 2 aliphatic rings. The highest BCUT2D eigenvalue weighted by atomic mass is 32.2. The van der Waals surface area contributed by atoms with E-state index in [0.717, 1.165) is 42.9 Å². The van der Waals surface area contributed by atoms with Gasteiger partial charge in [0.2, 0.25) is 0 Å². The van der Waals surface area contributed by atoms with Gasteiger partial charge < -0.3 is 10.5 Å². The molecule has 1 aromatic carbocycles. The second-order valence-electron chi connectivity index (χ2n) is 6.07. The summed E-state index contributed by atoms with van der Waals surface area (Å²) in [5, 5.41) is 0.227. The zero-order valence-electron chi connectivity index (χ0n) is 11.8. The van der Waals surface area contributed by atoms with Crippen LogP contribution in [0.1, 0.15) is 44.9 Å². The van der Waals surface area contributed by atoms with Crippen LogP contribution in [0.25, 0.3) is 0 Å². The van der Waals surface area contributed by atoms with E-state index in [4.69, 9.17) is 10.5 Å². The highest BCUT2D eigenvalue weighted by molar-refractivity contribution is 7.85. The molecule has 2 unspecified atom stereocenters. The van der Waals surface area contributed by atoms with Crippen molar-refractivity contribution in [3.8, 4) is 0 Å². The number of anilines is 1. The van der Waals surface area contributed by atoms with Gasteiger partial charge in [-0.2, -0.15) is 0 Å². The Balaban J connectivity index is 1.73. The molecule has 0 bridgehead atoms. The van der Waals surface area contributed by atoms with Gasteiger partial charge in [0.25, 0.3) is 0 Å². The van der Waals surface area contributed by atoms with Crippen LogP contribution in [-0.4, -0.2) is 21.7 Å². The van der Waals surface area contributed by atoms with Gasteiger partial charge in [-0.1, -0.05) is 19.3 Å². The van der Waals surface area contributed by atoms with Gasteiger partial charge in [-0.3, -0.25) is 4.21 Å². The Labute approximate surface area is 123 Å². The topological polar surface area (TPSA) is 52.3 Å². The highest BCUT2D eigenvalue weighted by Gasteiger charge is 2.40. The van der Waals surface area contributed by atoms with Crippen LogP contribution in [0.2, 0.25) is 0 Å². The fourth-order valence-corrected chi connectivity index (χ4v) is 5.06. The van der Waals surface area contributed by atoms with Crippen LogP contribution in [0.15, 0.2) is 29.2 Å².